The summed E-state index contributed by atoms with van der Waals surface area (Å²) in [5.41, 5.74) is 2.72. The Hall–Kier alpha value is -0.860. The summed E-state index contributed by atoms with van der Waals surface area (Å²) < 4.78 is 12.1. The van der Waals surface area contributed by atoms with Crippen LogP contribution in [0.5, 0.6) is 0 Å². The Kier molecular flexibility index (Phi) is 7.49. The SMILES string of the molecule is CN=C(NCC1CCCOC1c1ccc(C)cc1)NC1C2CCOC2C1(C)C.I. The number of aliphatic imine (C=N–C) groups is 1. The molecule has 0 radical (unpaired) electrons. The van der Waals surface area contributed by atoms with Gasteiger partial charge in [-0.3, -0.25) is 4.99 Å². The summed E-state index contributed by atoms with van der Waals surface area (Å²) in [4.78, 5) is 4.50. The molecule has 3 fully saturated rings. The number of nitrogens with one attached hydrogen (secondary N) is 2. The molecule has 5 nitrogen and oxygen atoms in total. The van der Waals surface area contributed by atoms with Gasteiger partial charge < -0.3 is 20.1 Å². The third kappa shape index (κ3) is 4.59. The van der Waals surface area contributed by atoms with Crippen LogP contribution in [0.1, 0.15) is 50.3 Å². The molecule has 1 aliphatic carbocycles. The van der Waals surface area contributed by atoms with Crippen molar-refractivity contribution in [3.63, 3.8) is 0 Å². The first-order chi connectivity index (χ1) is 13.5. The summed E-state index contributed by atoms with van der Waals surface area (Å²) in [7, 11) is 1.86. The second kappa shape index (κ2) is 9.52. The first-order valence-corrected chi connectivity index (χ1v) is 10.8. The van der Waals surface area contributed by atoms with Gasteiger partial charge in [0.1, 0.15) is 0 Å². The minimum absolute atomic E-state index is 0. The average Bonchev–Trinajstić information content (AvgIpc) is 3.16. The number of halogens is 1. The normalized spacial score (nSPS) is 33.2. The van der Waals surface area contributed by atoms with E-state index in [0.717, 1.165) is 38.6 Å². The number of aryl methyl sites for hydroxylation is 1. The smallest absolute Gasteiger partial charge is 0.191 e. The van der Waals surface area contributed by atoms with E-state index in [9.17, 15) is 0 Å². The van der Waals surface area contributed by atoms with Gasteiger partial charge in [0.25, 0.3) is 0 Å². The summed E-state index contributed by atoms with van der Waals surface area (Å²) in [6, 6.07) is 9.20. The van der Waals surface area contributed by atoms with Crippen LogP contribution in [0.2, 0.25) is 0 Å². The van der Waals surface area contributed by atoms with E-state index in [1.807, 2.05) is 7.05 Å². The van der Waals surface area contributed by atoms with Gasteiger partial charge in [-0.15, -0.1) is 24.0 Å². The van der Waals surface area contributed by atoms with Crippen molar-refractivity contribution < 1.29 is 9.47 Å². The van der Waals surface area contributed by atoms with Crippen LogP contribution in [-0.2, 0) is 9.47 Å². The van der Waals surface area contributed by atoms with Crippen molar-refractivity contribution in [3.8, 4) is 0 Å². The van der Waals surface area contributed by atoms with Crippen molar-refractivity contribution in [2.24, 2.45) is 22.2 Å². The molecule has 162 valence electrons. The summed E-state index contributed by atoms with van der Waals surface area (Å²) in [5.74, 6) is 1.95. The van der Waals surface area contributed by atoms with Crippen molar-refractivity contribution in [2.45, 2.75) is 58.3 Å². The molecule has 2 saturated heterocycles. The van der Waals surface area contributed by atoms with Gasteiger partial charge in [0, 0.05) is 50.1 Å². The van der Waals surface area contributed by atoms with Crippen molar-refractivity contribution in [2.75, 3.05) is 26.8 Å². The van der Waals surface area contributed by atoms with E-state index in [1.54, 1.807) is 0 Å². The largest absolute Gasteiger partial charge is 0.377 e. The summed E-state index contributed by atoms with van der Waals surface area (Å²) in [5, 5.41) is 7.27. The Balaban J connectivity index is 0.00000240. The van der Waals surface area contributed by atoms with Crippen LogP contribution in [0.4, 0.5) is 0 Å². The highest BCUT2D eigenvalue weighted by Crippen LogP contribution is 2.52. The fourth-order valence-electron chi connectivity index (χ4n) is 5.36. The monoisotopic (exact) mass is 513 g/mol. The first-order valence-electron chi connectivity index (χ1n) is 10.8. The van der Waals surface area contributed by atoms with Gasteiger partial charge in [0.05, 0.1) is 12.2 Å². The molecule has 2 N–H and O–H groups in total. The number of rotatable bonds is 4. The van der Waals surface area contributed by atoms with Crippen molar-refractivity contribution in [1.82, 2.24) is 10.6 Å². The lowest BCUT2D eigenvalue weighted by Gasteiger charge is -2.55. The topological polar surface area (TPSA) is 54.9 Å². The highest BCUT2D eigenvalue weighted by Gasteiger charge is 2.59. The number of fused-ring (bicyclic) bond motifs is 1. The van der Waals surface area contributed by atoms with Crippen LogP contribution in [0.25, 0.3) is 0 Å². The second-order valence-electron chi connectivity index (χ2n) is 9.24. The fraction of sp³-hybridized carbons (Fsp3) is 0.696. The van der Waals surface area contributed by atoms with Gasteiger partial charge in [0.2, 0.25) is 0 Å². The molecule has 4 rings (SSSR count). The fourth-order valence-corrected chi connectivity index (χ4v) is 5.36. The third-order valence-corrected chi connectivity index (χ3v) is 7.00. The van der Waals surface area contributed by atoms with Crippen LogP contribution in [0.3, 0.4) is 0 Å². The van der Waals surface area contributed by atoms with E-state index < -0.39 is 0 Å². The number of ether oxygens (including phenoxy) is 2. The van der Waals surface area contributed by atoms with Crippen molar-refractivity contribution in [1.29, 1.82) is 0 Å². The lowest BCUT2D eigenvalue weighted by atomic mass is 9.57. The quantitative estimate of drug-likeness (QED) is 0.363. The molecule has 5 atom stereocenters. The zero-order valence-corrected chi connectivity index (χ0v) is 20.4. The third-order valence-electron chi connectivity index (χ3n) is 7.00. The molecule has 6 heteroatoms. The predicted octanol–water partition coefficient (Wildman–Crippen LogP) is 4.06. The van der Waals surface area contributed by atoms with Gasteiger partial charge in [-0.1, -0.05) is 43.7 Å². The number of hydrogen-bond donors (Lipinski definition) is 2. The molecule has 1 saturated carbocycles. The van der Waals surface area contributed by atoms with Crippen LogP contribution in [0.15, 0.2) is 29.3 Å². The number of hydrogen-bond acceptors (Lipinski definition) is 3. The minimum atomic E-state index is 0. The Labute approximate surface area is 192 Å². The molecule has 5 unspecified atom stereocenters. The molecule has 0 aromatic heterocycles. The Morgan fingerprint density at radius 2 is 1.90 bits per heavy atom. The zero-order chi connectivity index (χ0) is 19.7. The Morgan fingerprint density at radius 1 is 1.14 bits per heavy atom. The lowest BCUT2D eigenvalue weighted by molar-refractivity contribution is -0.106. The van der Waals surface area contributed by atoms with Gasteiger partial charge >= 0.3 is 0 Å². The van der Waals surface area contributed by atoms with Crippen molar-refractivity contribution >= 4 is 29.9 Å². The number of nitrogens with zero attached hydrogens (tertiary/aromatic N) is 1. The number of guanidine groups is 1. The van der Waals surface area contributed by atoms with Crippen LogP contribution >= 0.6 is 24.0 Å². The minimum Gasteiger partial charge on any atom is -0.377 e. The highest BCUT2D eigenvalue weighted by molar-refractivity contribution is 14.0. The molecule has 0 amide bonds. The molecule has 29 heavy (non-hydrogen) atoms. The maximum absolute atomic E-state index is 6.17. The molecule has 1 aromatic carbocycles. The molecular weight excluding hydrogens is 477 g/mol. The molecule has 2 heterocycles. The van der Waals surface area contributed by atoms with E-state index in [2.05, 4.69) is 60.7 Å². The van der Waals surface area contributed by atoms with Gasteiger partial charge in [-0.2, -0.15) is 0 Å². The lowest BCUT2D eigenvalue weighted by Crippen LogP contribution is -2.68. The van der Waals surface area contributed by atoms with Gasteiger partial charge in [-0.05, 0) is 31.7 Å². The Bertz CT molecular complexity index is 707. The molecular formula is C23H36IN3O2. The van der Waals surface area contributed by atoms with Gasteiger partial charge in [-0.25, -0.2) is 0 Å². The zero-order valence-electron chi connectivity index (χ0n) is 18.1. The van der Waals surface area contributed by atoms with E-state index in [1.165, 1.54) is 17.5 Å². The maximum Gasteiger partial charge on any atom is 0.191 e. The molecule has 2 aliphatic heterocycles. The van der Waals surface area contributed by atoms with E-state index in [-0.39, 0.29) is 35.5 Å². The average molecular weight is 513 g/mol. The summed E-state index contributed by atoms with van der Waals surface area (Å²) in [6.07, 6.45) is 4.00. The van der Waals surface area contributed by atoms with Crippen LogP contribution in [0, 0.1) is 24.2 Å². The summed E-state index contributed by atoms with van der Waals surface area (Å²) >= 11 is 0. The molecule has 0 bridgehead atoms. The summed E-state index contributed by atoms with van der Waals surface area (Å²) in [6.45, 7) is 9.33. The van der Waals surface area contributed by atoms with Gasteiger partial charge in [0.15, 0.2) is 5.96 Å². The van der Waals surface area contributed by atoms with Crippen LogP contribution in [-0.4, -0.2) is 44.9 Å². The molecule has 3 aliphatic rings. The predicted molar refractivity (Wildman–Crippen MR) is 128 cm³/mol. The second-order valence-corrected chi connectivity index (χ2v) is 9.24. The van der Waals surface area contributed by atoms with E-state index >= 15 is 0 Å². The molecule has 0 spiro atoms. The standard InChI is InChI=1S/C23H35N3O2.HI/c1-15-7-9-16(10-8-15)19-17(6-5-12-27-19)14-25-22(24-4)26-20-18-11-13-28-21(18)23(20,2)3;/h7-10,17-21H,5-6,11-14H2,1-4H3,(H2,24,25,26);1H. The van der Waals surface area contributed by atoms with E-state index in [0.29, 0.717) is 24.0 Å². The van der Waals surface area contributed by atoms with E-state index in [4.69, 9.17) is 9.47 Å². The highest BCUT2D eigenvalue weighted by atomic mass is 127. The first kappa shape index (κ1) is 22.8. The number of benzene rings is 1. The van der Waals surface area contributed by atoms with Crippen LogP contribution < -0.4 is 10.6 Å². The Morgan fingerprint density at radius 3 is 2.62 bits per heavy atom. The molecule has 1 aromatic rings. The van der Waals surface area contributed by atoms with Crippen molar-refractivity contribution in [3.05, 3.63) is 35.4 Å². The maximum atomic E-state index is 6.17.